The topological polar surface area (TPSA) is 202 Å². The van der Waals surface area contributed by atoms with Gasteiger partial charge in [0.2, 0.25) is 5.41 Å². The van der Waals surface area contributed by atoms with Gasteiger partial charge in [-0.25, -0.2) is 9.80 Å². The molecule has 0 atom stereocenters. The summed E-state index contributed by atoms with van der Waals surface area (Å²) in [5.41, 5.74) is -14.6. The molecule has 14 nitrogen and oxygen atoms in total. The number of halogens is 6. The standard InChI is InChI=1S/C31H14F6N4O10/c32-30(33,34)29(31(35,36)37,13-1-7-23(42)21(9-13)38-25(44)17-5-3-15(40(48)49)11-19(17)27(38)46)14-2-8-24(43)22(10-14)39-26(45)18-6-4-16(41(50)51)12-20(18)28(39)47/h1-12,42-43H. The number of rotatable bonds is 6. The normalized spacial score (nSPS) is 14.6. The number of hydrogen-bond acceptors (Lipinski definition) is 10. The molecule has 4 aromatic carbocycles. The molecule has 2 heterocycles. The molecule has 0 aromatic heterocycles. The molecular formula is C31H14F6N4O10. The summed E-state index contributed by atoms with van der Waals surface area (Å²) in [4.78, 5) is 73.3. The van der Waals surface area contributed by atoms with Crippen LogP contribution in [0, 0.1) is 20.2 Å². The van der Waals surface area contributed by atoms with Crippen molar-refractivity contribution in [3.8, 4) is 11.5 Å². The number of phenolic OH excluding ortho intramolecular Hbond substituents is 2. The number of imide groups is 2. The third-order valence-corrected chi connectivity index (χ3v) is 8.31. The zero-order chi connectivity index (χ0) is 37.5. The largest absolute Gasteiger partial charge is 0.506 e. The molecule has 2 aliphatic heterocycles. The maximum Gasteiger partial charge on any atom is 0.411 e. The number of alkyl halides is 6. The lowest BCUT2D eigenvalue weighted by atomic mass is 9.72. The van der Waals surface area contributed by atoms with Crippen LogP contribution in [0.3, 0.4) is 0 Å². The van der Waals surface area contributed by atoms with Gasteiger partial charge in [-0.15, -0.1) is 0 Å². The number of fused-ring (bicyclic) bond motifs is 2. The lowest BCUT2D eigenvalue weighted by molar-refractivity contribution is -0.385. The number of nitrogens with zero attached hydrogens (tertiary/aromatic N) is 4. The van der Waals surface area contributed by atoms with Crippen LogP contribution < -0.4 is 9.80 Å². The van der Waals surface area contributed by atoms with Gasteiger partial charge in [-0.2, -0.15) is 26.3 Å². The fourth-order valence-corrected chi connectivity index (χ4v) is 5.98. The number of amides is 4. The van der Waals surface area contributed by atoms with Gasteiger partial charge in [0.25, 0.3) is 35.0 Å². The van der Waals surface area contributed by atoms with Gasteiger partial charge in [-0.1, -0.05) is 12.1 Å². The Labute approximate surface area is 277 Å². The molecule has 51 heavy (non-hydrogen) atoms. The van der Waals surface area contributed by atoms with E-state index in [4.69, 9.17) is 0 Å². The van der Waals surface area contributed by atoms with Gasteiger partial charge in [0.15, 0.2) is 0 Å². The van der Waals surface area contributed by atoms with Crippen LogP contribution in [-0.4, -0.2) is 56.0 Å². The average molecular weight is 716 g/mol. The summed E-state index contributed by atoms with van der Waals surface area (Å²) in [7, 11) is 0. The highest BCUT2D eigenvalue weighted by atomic mass is 19.4. The minimum absolute atomic E-state index is 0.0327. The number of nitro benzene ring substituents is 2. The first kappa shape index (κ1) is 34.0. The minimum atomic E-state index is -6.36. The third-order valence-electron chi connectivity index (χ3n) is 8.31. The Morgan fingerprint density at radius 1 is 0.510 bits per heavy atom. The lowest BCUT2D eigenvalue weighted by Gasteiger charge is -2.39. The quantitative estimate of drug-likeness (QED) is 0.104. The molecule has 0 aliphatic carbocycles. The number of benzene rings is 4. The Kier molecular flexibility index (Phi) is 7.39. The molecule has 4 aromatic rings. The Morgan fingerprint density at radius 2 is 0.843 bits per heavy atom. The van der Waals surface area contributed by atoms with E-state index in [2.05, 4.69) is 0 Å². The van der Waals surface area contributed by atoms with Gasteiger partial charge in [-0.3, -0.25) is 39.4 Å². The fraction of sp³-hybridized carbons (Fsp3) is 0.0968. The molecule has 20 heteroatoms. The number of carbonyl (C=O) groups is 4. The van der Waals surface area contributed by atoms with Crippen LogP contribution in [0.25, 0.3) is 0 Å². The highest BCUT2D eigenvalue weighted by Crippen LogP contribution is 2.58. The average Bonchev–Trinajstić information content (AvgIpc) is 3.44. The summed E-state index contributed by atoms with van der Waals surface area (Å²) in [5.74, 6) is -7.83. The van der Waals surface area contributed by atoms with E-state index in [0.29, 0.717) is 24.3 Å². The van der Waals surface area contributed by atoms with Crippen LogP contribution in [0.5, 0.6) is 11.5 Å². The van der Waals surface area contributed by atoms with Crippen LogP contribution in [-0.2, 0) is 5.41 Å². The third kappa shape index (κ3) is 4.82. The van der Waals surface area contributed by atoms with Crippen LogP contribution in [0.15, 0.2) is 72.8 Å². The van der Waals surface area contributed by atoms with Crippen LogP contribution in [0.4, 0.5) is 49.1 Å². The second-order valence-corrected chi connectivity index (χ2v) is 11.0. The van der Waals surface area contributed by atoms with Crippen molar-refractivity contribution in [2.75, 3.05) is 9.80 Å². The van der Waals surface area contributed by atoms with Gasteiger partial charge in [0.05, 0.1) is 43.5 Å². The smallest absolute Gasteiger partial charge is 0.411 e. The molecule has 0 saturated heterocycles. The first-order valence-electron chi connectivity index (χ1n) is 13.9. The molecule has 0 saturated carbocycles. The van der Waals surface area contributed by atoms with Crippen molar-refractivity contribution in [3.63, 3.8) is 0 Å². The molecular weight excluding hydrogens is 702 g/mol. The zero-order valence-corrected chi connectivity index (χ0v) is 24.6. The number of phenols is 2. The second kappa shape index (κ2) is 11.1. The van der Waals surface area contributed by atoms with E-state index in [-0.39, 0.29) is 34.1 Å². The number of nitro groups is 2. The van der Waals surface area contributed by atoms with Crippen LogP contribution in [0.1, 0.15) is 52.6 Å². The maximum atomic E-state index is 15.2. The fourth-order valence-electron chi connectivity index (χ4n) is 5.98. The van der Waals surface area contributed by atoms with Crippen LogP contribution in [0.2, 0.25) is 0 Å². The highest BCUT2D eigenvalue weighted by Gasteiger charge is 2.73. The predicted molar refractivity (Wildman–Crippen MR) is 158 cm³/mol. The van der Waals surface area contributed by atoms with Crippen molar-refractivity contribution in [1.29, 1.82) is 0 Å². The maximum absolute atomic E-state index is 15.2. The van der Waals surface area contributed by atoms with E-state index < -0.39 is 119 Å². The molecule has 0 radical (unpaired) electrons. The molecule has 4 amide bonds. The van der Waals surface area contributed by atoms with Crippen molar-refractivity contribution in [3.05, 3.63) is 126 Å². The summed E-state index contributed by atoms with van der Waals surface area (Å²) in [6.45, 7) is 0. The Bertz CT molecular complexity index is 2130. The molecule has 0 bridgehead atoms. The van der Waals surface area contributed by atoms with E-state index in [9.17, 15) is 49.6 Å². The molecule has 0 unspecified atom stereocenters. The zero-order valence-electron chi connectivity index (χ0n) is 24.6. The molecule has 0 fully saturated rings. The van der Waals surface area contributed by atoms with Gasteiger partial charge >= 0.3 is 12.4 Å². The summed E-state index contributed by atoms with van der Waals surface area (Å²) in [6.07, 6.45) is -12.7. The first-order valence-corrected chi connectivity index (χ1v) is 13.9. The molecule has 260 valence electrons. The van der Waals surface area contributed by atoms with E-state index in [0.717, 1.165) is 24.3 Å². The number of anilines is 2. The van der Waals surface area contributed by atoms with Crippen molar-refractivity contribution in [1.82, 2.24) is 0 Å². The second-order valence-electron chi connectivity index (χ2n) is 11.0. The Morgan fingerprint density at radius 3 is 1.16 bits per heavy atom. The number of hydrogen-bond donors (Lipinski definition) is 2. The number of aromatic hydroxyl groups is 2. The lowest BCUT2D eigenvalue weighted by Crippen LogP contribution is -2.55. The summed E-state index contributed by atoms with van der Waals surface area (Å²) in [5, 5.41) is 43.5. The first-order chi connectivity index (χ1) is 23.7. The highest BCUT2D eigenvalue weighted by molar-refractivity contribution is 6.36. The van der Waals surface area contributed by atoms with Crippen molar-refractivity contribution in [2.24, 2.45) is 0 Å². The van der Waals surface area contributed by atoms with Crippen molar-refractivity contribution < 1.29 is 65.6 Å². The molecule has 6 rings (SSSR count). The van der Waals surface area contributed by atoms with E-state index in [1.165, 1.54) is 0 Å². The van der Waals surface area contributed by atoms with Gasteiger partial charge < -0.3 is 10.2 Å². The van der Waals surface area contributed by atoms with E-state index in [1.807, 2.05) is 0 Å². The van der Waals surface area contributed by atoms with E-state index >= 15 is 26.3 Å². The summed E-state index contributed by atoms with van der Waals surface area (Å²) in [6, 6.07) is 5.78. The van der Waals surface area contributed by atoms with Crippen molar-refractivity contribution in [2.45, 2.75) is 17.8 Å². The molecule has 2 aliphatic rings. The monoisotopic (exact) mass is 716 g/mol. The molecule has 2 N–H and O–H groups in total. The number of non-ortho nitro benzene ring substituents is 2. The Hall–Kier alpha value is -6.86. The molecule has 0 spiro atoms. The summed E-state index contributed by atoms with van der Waals surface area (Å²) >= 11 is 0. The van der Waals surface area contributed by atoms with Gasteiger partial charge in [0, 0.05) is 24.3 Å². The van der Waals surface area contributed by atoms with Gasteiger partial charge in [-0.05, 0) is 47.5 Å². The summed E-state index contributed by atoms with van der Waals surface area (Å²) < 4.78 is 91.0. The van der Waals surface area contributed by atoms with Crippen molar-refractivity contribution >= 4 is 46.4 Å². The minimum Gasteiger partial charge on any atom is -0.506 e. The van der Waals surface area contributed by atoms with Crippen LogP contribution >= 0.6 is 0 Å². The SMILES string of the molecule is O=C1c2ccc([N+](=O)[O-])cc2C(=O)N1c1cc(C(c2ccc(O)c(N3C(=O)c4ccc([N+](=O)[O-])cc4C3=O)c2)(C(F)(F)F)C(F)(F)F)ccc1O. The van der Waals surface area contributed by atoms with Gasteiger partial charge in [0.1, 0.15) is 11.5 Å². The van der Waals surface area contributed by atoms with E-state index in [1.54, 1.807) is 0 Å². The predicted octanol–water partition coefficient (Wildman–Crippen LogP) is 5.93. The Balaban J connectivity index is 1.54. The number of carbonyl (C=O) groups excluding carboxylic acids is 4.